The first kappa shape index (κ1) is 44.9. The molecule has 2 aliphatic rings. The zero-order valence-corrected chi connectivity index (χ0v) is 35.8. The van der Waals surface area contributed by atoms with Gasteiger partial charge in [0.15, 0.2) is 0 Å². The van der Waals surface area contributed by atoms with Crippen LogP contribution in [-0.4, -0.2) is 78.1 Å². The molecule has 0 amide bonds. The first-order chi connectivity index (χ1) is 28.4. The van der Waals surface area contributed by atoms with E-state index in [4.69, 9.17) is 25.4 Å². The molecule has 1 aromatic heterocycles. The number of hydrogen-bond donors (Lipinski definition) is 1. The fourth-order valence-corrected chi connectivity index (χ4v) is 8.25. The molecule has 0 spiro atoms. The van der Waals surface area contributed by atoms with E-state index in [1.54, 1.807) is 24.5 Å². The number of aliphatic hydroxyl groups is 1. The van der Waals surface area contributed by atoms with Crippen molar-refractivity contribution in [1.82, 2.24) is 9.27 Å². The molecule has 0 bridgehead atoms. The number of hydrogen-bond acceptors (Lipinski definition) is 10. The number of nitrogens with zero attached hydrogens (tertiary/aromatic N) is 4. The number of piperazine rings is 1. The highest BCUT2D eigenvalue weighted by Gasteiger charge is 2.41. The lowest BCUT2D eigenvalue weighted by atomic mass is 10.0. The van der Waals surface area contributed by atoms with E-state index in [2.05, 4.69) is 89.6 Å². The minimum atomic E-state index is -1.43. The first-order valence-corrected chi connectivity index (χ1v) is 22.2. The van der Waals surface area contributed by atoms with Gasteiger partial charge >= 0.3 is 11.9 Å². The number of unbranched alkanes of at least 4 members (excludes halogenated alkanes) is 3. The summed E-state index contributed by atoms with van der Waals surface area (Å²) < 4.78 is 16.9. The van der Waals surface area contributed by atoms with Crippen LogP contribution in [0.1, 0.15) is 89.2 Å². The topological polar surface area (TPSA) is 95.4 Å². The molecule has 2 aliphatic heterocycles. The molecule has 2 aromatic carbocycles. The molecule has 1 saturated heterocycles. The van der Waals surface area contributed by atoms with Crippen LogP contribution in [-0.2, 0) is 31.9 Å². The maximum atomic E-state index is 13.1. The summed E-state index contributed by atoms with van der Waals surface area (Å²) in [6.45, 7) is 8.54. The van der Waals surface area contributed by atoms with E-state index in [1.165, 1.54) is 40.7 Å². The van der Waals surface area contributed by atoms with Gasteiger partial charge in [-0.05, 0) is 99.1 Å². The number of rotatable bonds is 23. The monoisotopic (exact) mass is 828 g/mol. The smallest absolute Gasteiger partial charge is 0.369 e. The van der Waals surface area contributed by atoms with Gasteiger partial charge < -0.3 is 24.4 Å². The Bertz CT molecular complexity index is 1900. The van der Waals surface area contributed by atoms with E-state index >= 15 is 0 Å². The van der Waals surface area contributed by atoms with Gasteiger partial charge in [-0.1, -0.05) is 110 Å². The SMILES string of the molecule is CCCCC/C=C\C/C=C\C/C=C\C/C=C\C/C=C\CCC(=O)OC(C(=O)OCC)N1c2cc(Cl)c(CCN3CCN(c4nsc5ccccc45)CC3)cc2CC1O. The Morgan fingerprint density at radius 2 is 1.55 bits per heavy atom. The van der Waals surface area contributed by atoms with Gasteiger partial charge in [0.05, 0.1) is 11.3 Å². The van der Waals surface area contributed by atoms with Crippen LogP contribution in [0.15, 0.2) is 97.2 Å². The normalized spacial score (nSPS) is 16.9. The number of carbonyl (C=O) groups excluding carboxylic acids is 2. The summed E-state index contributed by atoms with van der Waals surface area (Å²) in [5.41, 5.74) is 2.39. The van der Waals surface area contributed by atoms with Gasteiger partial charge in [-0.15, -0.1) is 0 Å². The summed E-state index contributed by atoms with van der Waals surface area (Å²) in [5.74, 6) is -0.210. The number of fused-ring (bicyclic) bond motifs is 2. The van der Waals surface area contributed by atoms with E-state index in [0.29, 0.717) is 17.1 Å². The first-order valence-electron chi connectivity index (χ1n) is 21.1. The minimum Gasteiger partial charge on any atom is -0.462 e. The molecule has 1 fully saturated rings. The zero-order chi connectivity index (χ0) is 41.0. The van der Waals surface area contributed by atoms with Gasteiger partial charge in [-0.25, -0.2) is 4.79 Å². The fourth-order valence-electron chi connectivity index (χ4n) is 7.20. The third-order valence-corrected chi connectivity index (χ3v) is 11.5. The molecule has 0 radical (unpaired) electrons. The number of ether oxygens (including phenoxy) is 2. The Kier molecular flexibility index (Phi) is 19.1. The largest absolute Gasteiger partial charge is 0.462 e. The van der Waals surface area contributed by atoms with Crippen molar-refractivity contribution in [2.75, 3.05) is 49.1 Å². The predicted molar refractivity (Wildman–Crippen MR) is 240 cm³/mol. The Morgan fingerprint density at radius 1 is 0.897 bits per heavy atom. The molecule has 312 valence electrons. The zero-order valence-electron chi connectivity index (χ0n) is 34.3. The van der Waals surface area contributed by atoms with Crippen molar-refractivity contribution in [2.45, 2.75) is 103 Å². The van der Waals surface area contributed by atoms with Crippen LogP contribution in [0.3, 0.4) is 0 Å². The van der Waals surface area contributed by atoms with Gasteiger partial charge in [-0.2, -0.15) is 4.37 Å². The molecule has 2 atom stereocenters. The highest BCUT2D eigenvalue weighted by molar-refractivity contribution is 7.13. The van der Waals surface area contributed by atoms with Crippen LogP contribution < -0.4 is 9.80 Å². The Morgan fingerprint density at radius 3 is 2.22 bits per heavy atom. The maximum absolute atomic E-state index is 13.1. The summed E-state index contributed by atoms with van der Waals surface area (Å²) in [6.07, 6.45) is 29.1. The molecular formula is C47H61ClN4O5S. The van der Waals surface area contributed by atoms with Crippen molar-refractivity contribution in [1.29, 1.82) is 0 Å². The molecule has 0 saturated carbocycles. The van der Waals surface area contributed by atoms with E-state index in [9.17, 15) is 14.7 Å². The van der Waals surface area contributed by atoms with Crippen molar-refractivity contribution in [3.05, 3.63) is 113 Å². The molecular weight excluding hydrogens is 768 g/mol. The number of benzene rings is 2. The van der Waals surface area contributed by atoms with Crippen LogP contribution in [0.5, 0.6) is 0 Å². The maximum Gasteiger partial charge on any atom is 0.369 e. The number of anilines is 2. The Hall–Kier alpha value is -4.22. The summed E-state index contributed by atoms with van der Waals surface area (Å²) in [5, 5.41) is 12.9. The molecule has 0 aliphatic carbocycles. The van der Waals surface area contributed by atoms with Gasteiger partial charge in [0.25, 0.3) is 6.23 Å². The lowest BCUT2D eigenvalue weighted by molar-refractivity contribution is -0.169. The second kappa shape index (κ2) is 24.6. The van der Waals surface area contributed by atoms with Crippen molar-refractivity contribution in [2.24, 2.45) is 0 Å². The van der Waals surface area contributed by atoms with Crippen LogP contribution in [0, 0.1) is 0 Å². The van der Waals surface area contributed by atoms with Crippen LogP contribution in [0.25, 0.3) is 10.1 Å². The van der Waals surface area contributed by atoms with Crippen molar-refractivity contribution in [3.8, 4) is 0 Å². The standard InChI is InChI=1S/C47H61ClN4O5S/c1-3-5-6-7-8-9-10-11-12-13-14-15-16-17-18-19-20-21-22-27-44(54)57-46(47(55)56-4-2)52-41-36-40(48)37(34-38(41)35-43(52)53)28-29-50-30-32-51(33-31-50)45-39-25-23-24-26-42(39)58-49-45/h8-9,11-12,14-15,17-18,20-21,23-26,34,36,43,46,53H,3-7,10,13,16,19,22,27-33,35H2,1-2H3/b9-8-,12-11-,15-14-,18-17-,21-20-. The summed E-state index contributed by atoms with van der Waals surface area (Å²) in [7, 11) is 0. The molecule has 1 N–H and O–H groups in total. The average Bonchev–Trinajstić information content (AvgIpc) is 3.80. The number of halogens is 1. The van der Waals surface area contributed by atoms with Gasteiger partial charge in [0.2, 0.25) is 0 Å². The molecule has 9 nitrogen and oxygen atoms in total. The fraction of sp³-hybridized carbons (Fsp3) is 0.468. The lowest BCUT2D eigenvalue weighted by Crippen LogP contribution is -2.49. The molecule has 5 rings (SSSR count). The Balaban J connectivity index is 1.04. The average molecular weight is 830 g/mol. The quantitative estimate of drug-likeness (QED) is 0.0570. The van der Waals surface area contributed by atoms with Crippen LogP contribution >= 0.6 is 23.1 Å². The van der Waals surface area contributed by atoms with Gasteiger partial charge in [0.1, 0.15) is 12.0 Å². The second-order valence-electron chi connectivity index (χ2n) is 14.7. The van der Waals surface area contributed by atoms with E-state index in [1.807, 2.05) is 18.2 Å². The molecule has 3 heterocycles. The van der Waals surface area contributed by atoms with Crippen LogP contribution in [0.4, 0.5) is 11.5 Å². The summed E-state index contributed by atoms with van der Waals surface area (Å²) in [6, 6.07) is 12.2. The second-order valence-corrected chi connectivity index (χ2v) is 15.9. The molecule has 11 heteroatoms. The van der Waals surface area contributed by atoms with E-state index < -0.39 is 24.4 Å². The molecule has 3 aromatic rings. The lowest BCUT2D eigenvalue weighted by Gasteiger charge is -2.35. The highest BCUT2D eigenvalue weighted by Crippen LogP contribution is 2.38. The predicted octanol–water partition coefficient (Wildman–Crippen LogP) is 10.1. The molecule has 58 heavy (non-hydrogen) atoms. The highest BCUT2D eigenvalue weighted by atomic mass is 35.5. The Labute approximate surface area is 354 Å². The summed E-state index contributed by atoms with van der Waals surface area (Å²) >= 11 is 8.39. The summed E-state index contributed by atoms with van der Waals surface area (Å²) in [4.78, 5) is 32.3. The number of aliphatic hydroxyl groups excluding tert-OH is 1. The van der Waals surface area contributed by atoms with E-state index in [-0.39, 0.29) is 19.4 Å². The van der Waals surface area contributed by atoms with Crippen molar-refractivity contribution >= 4 is 56.7 Å². The van der Waals surface area contributed by atoms with Crippen molar-refractivity contribution < 1.29 is 24.2 Å². The molecule has 2 unspecified atom stereocenters. The van der Waals surface area contributed by atoms with Gasteiger partial charge in [0, 0.05) is 61.7 Å². The number of aromatic nitrogens is 1. The minimum absolute atomic E-state index is 0.0894. The third kappa shape index (κ3) is 13.7. The van der Waals surface area contributed by atoms with Crippen molar-refractivity contribution in [3.63, 3.8) is 0 Å². The van der Waals surface area contributed by atoms with E-state index in [0.717, 1.165) is 81.8 Å². The number of allylic oxidation sites excluding steroid dienone is 10. The van der Waals surface area contributed by atoms with Gasteiger partial charge in [-0.3, -0.25) is 9.69 Å². The number of carbonyl (C=O) groups is 2. The van der Waals surface area contributed by atoms with Crippen LogP contribution in [0.2, 0.25) is 5.02 Å². The third-order valence-electron chi connectivity index (χ3n) is 10.4. The number of esters is 2.